The molecule has 0 saturated carbocycles. The van der Waals surface area contributed by atoms with Crippen molar-refractivity contribution in [2.45, 2.75) is 6.61 Å². The normalized spacial score (nSPS) is 10.5. The van der Waals surface area contributed by atoms with E-state index >= 15 is 0 Å². The minimum absolute atomic E-state index is 0.256. The van der Waals surface area contributed by atoms with E-state index in [9.17, 15) is 4.79 Å². The molecule has 1 N–H and O–H groups in total. The fraction of sp³-hybridized carbons (Fsp3) is 0.125. The number of amides is 1. The number of rotatable bonds is 5. The maximum absolute atomic E-state index is 11.5. The van der Waals surface area contributed by atoms with E-state index in [2.05, 4.69) is 10.3 Å². The van der Waals surface area contributed by atoms with Gasteiger partial charge in [0.1, 0.15) is 6.61 Å². The van der Waals surface area contributed by atoms with Crippen LogP contribution in [0.25, 0.3) is 6.08 Å². The van der Waals surface area contributed by atoms with Gasteiger partial charge in [-0.2, -0.15) is 0 Å². The van der Waals surface area contributed by atoms with Crippen molar-refractivity contribution in [2.24, 2.45) is 0 Å². The van der Waals surface area contributed by atoms with Crippen LogP contribution in [0.4, 0.5) is 4.79 Å². The number of nitrogens with zero attached hydrogens (tertiary/aromatic N) is 1. The number of pyridine rings is 1. The van der Waals surface area contributed by atoms with E-state index in [1.54, 1.807) is 30.5 Å². The summed E-state index contributed by atoms with van der Waals surface area (Å²) in [5.41, 5.74) is 1.69. The minimum atomic E-state index is -0.456. The molecule has 21 heavy (non-hydrogen) atoms. The lowest BCUT2D eigenvalue weighted by molar-refractivity contribution is 0.141. The average Bonchev–Trinajstić information content (AvgIpc) is 2.51. The number of alkyl carbamates (subject to hydrolysis) is 1. The van der Waals surface area contributed by atoms with Crippen molar-refractivity contribution in [1.29, 1.82) is 0 Å². The quantitative estimate of drug-likeness (QED) is 0.916. The predicted molar refractivity (Wildman–Crippen MR) is 82.9 cm³/mol. The van der Waals surface area contributed by atoms with Gasteiger partial charge >= 0.3 is 6.09 Å². The first-order chi connectivity index (χ1) is 10.2. The monoisotopic (exact) mass is 302 g/mol. The van der Waals surface area contributed by atoms with Crippen molar-refractivity contribution >= 4 is 23.8 Å². The van der Waals surface area contributed by atoms with Crippen molar-refractivity contribution in [1.82, 2.24) is 10.3 Å². The Balaban J connectivity index is 1.69. The topological polar surface area (TPSA) is 51.2 Å². The molecule has 1 aromatic carbocycles. The van der Waals surface area contributed by atoms with Gasteiger partial charge in [-0.1, -0.05) is 48.0 Å². The summed E-state index contributed by atoms with van der Waals surface area (Å²) < 4.78 is 5.08. The molecule has 0 unspecified atom stereocenters. The SMILES string of the molecule is O=C(NCC=Cc1cc(Cl)ccn1)OCc1ccccc1. The van der Waals surface area contributed by atoms with E-state index in [4.69, 9.17) is 16.3 Å². The Morgan fingerprint density at radius 2 is 2.10 bits per heavy atom. The Bertz CT molecular complexity index is 615. The second-order valence-corrected chi connectivity index (χ2v) is 4.68. The molecule has 1 amide bonds. The van der Waals surface area contributed by atoms with Gasteiger partial charge in [0, 0.05) is 17.8 Å². The molecular formula is C16H15ClN2O2. The van der Waals surface area contributed by atoms with Crippen molar-refractivity contribution in [3.05, 3.63) is 71.0 Å². The second-order valence-electron chi connectivity index (χ2n) is 4.24. The van der Waals surface area contributed by atoms with Crippen LogP contribution in [-0.4, -0.2) is 17.6 Å². The number of hydrogen-bond acceptors (Lipinski definition) is 3. The summed E-state index contributed by atoms with van der Waals surface area (Å²) in [6, 6.07) is 13.0. The van der Waals surface area contributed by atoms with Crippen molar-refractivity contribution in [2.75, 3.05) is 6.54 Å². The highest BCUT2D eigenvalue weighted by molar-refractivity contribution is 6.30. The maximum Gasteiger partial charge on any atom is 0.407 e. The van der Waals surface area contributed by atoms with E-state index in [-0.39, 0.29) is 6.61 Å². The van der Waals surface area contributed by atoms with Gasteiger partial charge in [0.25, 0.3) is 0 Å². The van der Waals surface area contributed by atoms with E-state index < -0.39 is 6.09 Å². The summed E-state index contributed by atoms with van der Waals surface area (Å²) >= 11 is 5.84. The largest absolute Gasteiger partial charge is 0.445 e. The fourth-order valence-corrected chi connectivity index (χ4v) is 1.78. The van der Waals surface area contributed by atoms with Crippen LogP contribution >= 0.6 is 11.6 Å². The standard InChI is InChI=1S/C16H15ClN2O2/c17-14-8-10-18-15(11-14)7-4-9-19-16(20)21-12-13-5-2-1-3-6-13/h1-8,10-11H,9,12H2,(H,19,20). The smallest absolute Gasteiger partial charge is 0.407 e. The molecule has 0 bridgehead atoms. The Morgan fingerprint density at radius 3 is 2.86 bits per heavy atom. The van der Waals surface area contributed by atoms with Gasteiger partial charge in [0.15, 0.2) is 0 Å². The summed E-state index contributed by atoms with van der Waals surface area (Å²) in [5.74, 6) is 0. The van der Waals surface area contributed by atoms with Crippen LogP contribution in [0.1, 0.15) is 11.3 Å². The molecule has 0 aliphatic rings. The lowest BCUT2D eigenvalue weighted by Gasteiger charge is -2.05. The first kappa shape index (κ1) is 15.1. The third kappa shape index (κ3) is 5.67. The molecule has 0 spiro atoms. The number of hydrogen-bond donors (Lipinski definition) is 1. The summed E-state index contributed by atoms with van der Waals surface area (Å²) in [6.07, 6.45) is 4.73. The molecule has 1 heterocycles. The second kappa shape index (κ2) is 8.07. The molecule has 0 fully saturated rings. The minimum Gasteiger partial charge on any atom is -0.445 e. The van der Waals surface area contributed by atoms with Crippen molar-refractivity contribution in [3.63, 3.8) is 0 Å². The van der Waals surface area contributed by atoms with Crippen molar-refractivity contribution in [3.8, 4) is 0 Å². The van der Waals surface area contributed by atoms with Crippen LogP contribution in [-0.2, 0) is 11.3 Å². The lowest BCUT2D eigenvalue weighted by Crippen LogP contribution is -2.24. The summed E-state index contributed by atoms with van der Waals surface area (Å²) in [6.45, 7) is 0.619. The molecule has 0 aliphatic carbocycles. The maximum atomic E-state index is 11.5. The highest BCUT2D eigenvalue weighted by Crippen LogP contribution is 2.08. The number of ether oxygens (including phenoxy) is 1. The number of halogens is 1. The van der Waals surface area contributed by atoms with Gasteiger partial charge < -0.3 is 10.1 Å². The van der Waals surface area contributed by atoms with E-state index in [0.717, 1.165) is 11.3 Å². The Labute approximate surface area is 128 Å². The van der Waals surface area contributed by atoms with Gasteiger partial charge in [-0.25, -0.2) is 4.79 Å². The molecule has 108 valence electrons. The average molecular weight is 303 g/mol. The highest BCUT2D eigenvalue weighted by Gasteiger charge is 2.00. The molecule has 0 aliphatic heterocycles. The number of nitrogens with one attached hydrogen (secondary N) is 1. The van der Waals surface area contributed by atoms with Crippen LogP contribution in [0.15, 0.2) is 54.7 Å². The van der Waals surface area contributed by atoms with Gasteiger partial charge in [-0.05, 0) is 23.8 Å². The fourth-order valence-electron chi connectivity index (χ4n) is 1.61. The molecule has 0 saturated heterocycles. The molecular weight excluding hydrogens is 288 g/mol. The zero-order valence-electron chi connectivity index (χ0n) is 11.3. The number of benzene rings is 1. The van der Waals surface area contributed by atoms with Gasteiger partial charge in [-0.15, -0.1) is 0 Å². The van der Waals surface area contributed by atoms with Gasteiger partial charge in [0.05, 0.1) is 5.69 Å². The first-order valence-corrected chi connectivity index (χ1v) is 6.84. The van der Waals surface area contributed by atoms with Crippen LogP contribution in [0.2, 0.25) is 5.02 Å². The Hall–Kier alpha value is -2.33. The van der Waals surface area contributed by atoms with Gasteiger partial charge in [-0.3, -0.25) is 4.98 Å². The van der Waals surface area contributed by atoms with E-state index in [1.807, 2.05) is 30.3 Å². The molecule has 4 nitrogen and oxygen atoms in total. The molecule has 2 rings (SSSR count). The predicted octanol–water partition coefficient (Wildman–Crippen LogP) is 3.67. The van der Waals surface area contributed by atoms with E-state index in [0.29, 0.717) is 11.6 Å². The van der Waals surface area contributed by atoms with Crippen LogP contribution < -0.4 is 5.32 Å². The van der Waals surface area contributed by atoms with Crippen molar-refractivity contribution < 1.29 is 9.53 Å². The first-order valence-electron chi connectivity index (χ1n) is 6.47. The summed E-state index contributed by atoms with van der Waals surface area (Å²) in [5, 5.41) is 3.25. The van der Waals surface area contributed by atoms with Crippen LogP contribution in [0.3, 0.4) is 0 Å². The third-order valence-corrected chi connectivity index (χ3v) is 2.84. The Morgan fingerprint density at radius 1 is 1.29 bits per heavy atom. The molecule has 0 atom stereocenters. The molecule has 2 aromatic rings. The zero-order chi connectivity index (χ0) is 14.9. The van der Waals surface area contributed by atoms with Crippen LogP contribution in [0, 0.1) is 0 Å². The Kier molecular flexibility index (Phi) is 5.79. The van der Waals surface area contributed by atoms with E-state index in [1.165, 1.54) is 0 Å². The molecule has 5 heteroatoms. The lowest BCUT2D eigenvalue weighted by atomic mass is 10.2. The molecule has 0 radical (unpaired) electrons. The highest BCUT2D eigenvalue weighted by atomic mass is 35.5. The summed E-state index contributed by atoms with van der Waals surface area (Å²) in [4.78, 5) is 15.6. The third-order valence-electron chi connectivity index (χ3n) is 2.61. The van der Waals surface area contributed by atoms with Gasteiger partial charge in [0.2, 0.25) is 0 Å². The van der Waals surface area contributed by atoms with Crippen LogP contribution in [0.5, 0.6) is 0 Å². The number of aromatic nitrogens is 1. The number of carbonyl (C=O) groups is 1. The summed E-state index contributed by atoms with van der Waals surface area (Å²) in [7, 11) is 0. The number of carbonyl (C=O) groups excluding carboxylic acids is 1. The molecule has 1 aromatic heterocycles. The zero-order valence-corrected chi connectivity index (χ0v) is 12.1.